The Hall–Kier alpha value is -2.41. The molecule has 0 atom stereocenters. The maximum Gasteiger partial charge on any atom is 0.290 e. The first-order valence-corrected chi connectivity index (χ1v) is 7.71. The first-order valence-electron chi connectivity index (χ1n) is 7.30. The lowest BCUT2D eigenvalue weighted by Crippen LogP contribution is -2.46. The SMILES string of the molecule is CC(C)(C)c1cc(C(=O)NNC(=S)NCc2ccccc2)n[nH]1. The summed E-state index contributed by atoms with van der Waals surface area (Å²) >= 11 is 5.12. The Balaban J connectivity index is 1.80. The van der Waals surface area contributed by atoms with E-state index in [9.17, 15) is 4.79 Å². The number of nitrogens with zero attached hydrogens (tertiary/aromatic N) is 1. The number of thiocarbonyl (C=S) groups is 1. The van der Waals surface area contributed by atoms with Crippen LogP contribution in [0.25, 0.3) is 0 Å². The van der Waals surface area contributed by atoms with Gasteiger partial charge >= 0.3 is 0 Å². The molecule has 0 aliphatic carbocycles. The molecule has 7 heteroatoms. The number of carbonyl (C=O) groups excluding carboxylic acids is 1. The highest BCUT2D eigenvalue weighted by atomic mass is 32.1. The van der Waals surface area contributed by atoms with Crippen LogP contribution in [-0.2, 0) is 12.0 Å². The van der Waals surface area contributed by atoms with Crippen molar-refractivity contribution in [3.63, 3.8) is 0 Å². The first kappa shape index (κ1) is 17.0. The Bertz CT molecular complexity index is 675. The fourth-order valence-electron chi connectivity index (χ4n) is 1.82. The van der Waals surface area contributed by atoms with Crippen LogP contribution in [0.2, 0.25) is 0 Å². The van der Waals surface area contributed by atoms with E-state index in [0.29, 0.717) is 17.4 Å². The fraction of sp³-hybridized carbons (Fsp3) is 0.312. The number of hydrogen-bond donors (Lipinski definition) is 4. The van der Waals surface area contributed by atoms with Gasteiger partial charge in [0.1, 0.15) is 0 Å². The number of aromatic nitrogens is 2. The highest BCUT2D eigenvalue weighted by Crippen LogP contribution is 2.19. The van der Waals surface area contributed by atoms with E-state index in [1.54, 1.807) is 6.07 Å². The minimum atomic E-state index is -0.347. The van der Waals surface area contributed by atoms with Gasteiger partial charge in [-0.15, -0.1) is 0 Å². The quantitative estimate of drug-likeness (QED) is 0.511. The van der Waals surface area contributed by atoms with Crippen molar-refractivity contribution in [2.75, 3.05) is 0 Å². The van der Waals surface area contributed by atoms with Gasteiger partial charge in [-0.3, -0.25) is 20.7 Å². The summed E-state index contributed by atoms with van der Waals surface area (Å²) in [5.74, 6) is -0.347. The fourth-order valence-corrected chi connectivity index (χ4v) is 1.95. The normalized spacial score (nSPS) is 10.9. The summed E-state index contributed by atoms with van der Waals surface area (Å²) in [6, 6.07) is 11.6. The maximum absolute atomic E-state index is 12.0. The molecule has 0 fully saturated rings. The molecule has 0 aliphatic rings. The lowest BCUT2D eigenvalue weighted by atomic mass is 9.92. The molecule has 1 aromatic carbocycles. The Kier molecular flexibility index (Phi) is 5.33. The zero-order chi connectivity index (χ0) is 16.9. The Labute approximate surface area is 141 Å². The molecule has 2 aromatic rings. The van der Waals surface area contributed by atoms with E-state index in [1.807, 2.05) is 51.1 Å². The van der Waals surface area contributed by atoms with Crippen molar-refractivity contribution < 1.29 is 4.79 Å². The molecule has 0 bridgehead atoms. The van der Waals surface area contributed by atoms with Crippen molar-refractivity contribution in [1.29, 1.82) is 0 Å². The number of rotatable bonds is 3. The molecule has 6 nitrogen and oxygen atoms in total. The largest absolute Gasteiger partial charge is 0.357 e. The molecule has 23 heavy (non-hydrogen) atoms. The minimum absolute atomic E-state index is 0.0918. The molecule has 1 amide bonds. The average Bonchev–Trinajstić information content (AvgIpc) is 3.02. The van der Waals surface area contributed by atoms with Crippen LogP contribution in [0.15, 0.2) is 36.4 Å². The average molecular weight is 331 g/mol. The Morgan fingerprint density at radius 1 is 1.22 bits per heavy atom. The van der Waals surface area contributed by atoms with E-state index in [4.69, 9.17) is 12.2 Å². The summed E-state index contributed by atoms with van der Waals surface area (Å²) in [5, 5.41) is 10.2. The van der Waals surface area contributed by atoms with Gasteiger partial charge in [-0.25, -0.2) is 0 Å². The third kappa shape index (κ3) is 5.07. The van der Waals surface area contributed by atoms with E-state index >= 15 is 0 Å². The second-order valence-corrected chi connectivity index (χ2v) is 6.57. The van der Waals surface area contributed by atoms with Crippen LogP contribution in [-0.4, -0.2) is 21.2 Å². The predicted octanol–water partition coefficient (Wildman–Crippen LogP) is 2.02. The molecule has 4 N–H and O–H groups in total. The first-order chi connectivity index (χ1) is 10.9. The van der Waals surface area contributed by atoms with E-state index in [0.717, 1.165) is 11.3 Å². The highest BCUT2D eigenvalue weighted by Gasteiger charge is 2.19. The molecule has 0 radical (unpaired) electrons. The highest BCUT2D eigenvalue weighted by molar-refractivity contribution is 7.80. The molecule has 0 spiro atoms. The summed E-state index contributed by atoms with van der Waals surface area (Å²) < 4.78 is 0. The van der Waals surface area contributed by atoms with Crippen LogP contribution in [0.4, 0.5) is 0 Å². The summed E-state index contributed by atoms with van der Waals surface area (Å²) in [5.41, 5.74) is 7.41. The monoisotopic (exact) mass is 331 g/mol. The molecule has 0 unspecified atom stereocenters. The van der Waals surface area contributed by atoms with Crippen molar-refractivity contribution in [2.45, 2.75) is 32.7 Å². The lowest BCUT2D eigenvalue weighted by molar-refractivity contribution is 0.0938. The van der Waals surface area contributed by atoms with E-state index in [2.05, 4.69) is 26.4 Å². The Morgan fingerprint density at radius 2 is 1.91 bits per heavy atom. The molecular formula is C16H21N5OS. The third-order valence-electron chi connectivity index (χ3n) is 3.20. The number of H-pyrrole nitrogens is 1. The van der Waals surface area contributed by atoms with E-state index < -0.39 is 0 Å². The number of carbonyl (C=O) groups is 1. The van der Waals surface area contributed by atoms with Crippen molar-refractivity contribution >= 4 is 23.2 Å². The zero-order valence-corrected chi connectivity index (χ0v) is 14.3. The van der Waals surface area contributed by atoms with Gasteiger partial charge < -0.3 is 5.32 Å². The number of nitrogens with one attached hydrogen (secondary N) is 4. The smallest absolute Gasteiger partial charge is 0.290 e. The second-order valence-electron chi connectivity index (χ2n) is 6.16. The summed E-state index contributed by atoms with van der Waals surface area (Å²) in [4.78, 5) is 12.0. The maximum atomic E-state index is 12.0. The molecule has 1 aromatic heterocycles. The van der Waals surface area contributed by atoms with Crippen molar-refractivity contribution in [3.8, 4) is 0 Å². The molecular weight excluding hydrogens is 310 g/mol. The summed E-state index contributed by atoms with van der Waals surface area (Å²) in [6.07, 6.45) is 0. The topological polar surface area (TPSA) is 81.8 Å². The van der Waals surface area contributed by atoms with Crippen LogP contribution in [0, 0.1) is 0 Å². The van der Waals surface area contributed by atoms with Crippen LogP contribution >= 0.6 is 12.2 Å². The minimum Gasteiger partial charge on any atom is -0.357 e. The molecule has 1 heterocycles. The number of hydrogen-bond acceptors (Lipinski definition) is 3. The summed E-state index contributed by atoms with van der Waals surface area (Å²) in [7, 11) is 0. The van der Waals surface area contributed by atoms with Crippen LogP contribution in [0.1, 0.15) is 42.5 Å². The van der Waals surface area contributed by atoms with Gasteiger partial charge in [-0.1, -0.05) is 51.1 Å². The van der Waals surface area contributed by atoms with Gasteiger partial charge in [0.15, 0.2) is 10.8 Å². The van der Waals surface area contributed by atoms with Crippen molar-refractivity contribution in [3.05, 3.63) is 53.3 Å². The van der Waals surface area contributed by atoms with E-state index in [-0.39, 0.29) is 11.3 Å². The van der Waals surface area contributed by atoms with Gasteiger partial charge in [0.05, 0.1) is 0 Å². The molecule has 0 saturated carbocycles. The lowest BCUT2D eigenvalue weighted by Gasteiger charge is -2.14. The number of hydrazine groups is 1. The van der Waals surface area contributed by atoms with Gasteiger partial charge in [0, 0.05) is 17.7 Å². The molecule has 2 rings (SSSR count). The van der Waals surface area contributed by atoms with Gasteiger partial charge in [0.2, 0.25) is 0 Å². The van der Waals surface area contributed by atoms with Crippen LogP contribution in [0.3, 0.4) is 0 Å². The van der Waals surface area contributed by atoms with Crippen molar-refractivity contribution in [2.24, 2.45) is 0 Å². The standard InChI is InChI=1S/C16H21N5OS/c1-16(2,3)13-9-12(18-19-13)14(22)20-21-15(23)17-10-11-7-5-4-6-8-11/h4-9H,10H2,1-3H3,(H,18,19)(H,20,22)(H2,17,21,23). The van der Waals surface area contributed by atoms with Crippen LogP contribution < -0.4 is 16.2 Å². The second kappa shape index (κ2) is 7.23. The van der Waals surface area contributed by atoms with Gasteiger partial charge in [0.25, 0.3) is 5.91 Å². The predicted molar refractivity (Wildman–Crippen MR) is 93.8 cm³/mol. The number of aromatic amines is 1. The Morgan fingerprint density at radius 3 is 2.52 bits per heavy atom. The summed E-state index contributed by atoms with van der Waals surface area (Å²) in [6.45, 7) is 6.72. The number of amides is 1. The number of benzene rings is 1. The molecule has 0 aliphatic heterocycles. The molecule has 0 saturated heterocycles. The van der Waals surface area contributed by atoms with Gasteiger partial charge in [-0.05, 0) is 23.8 Å². The molecule has 122 valence electrons. The van der Waals surface area contributed by atoms with E-state index in [1.165, 1.54) is 0 Å². The van der Waals surface area contributed by atoms with Gasteiger partial charge in [-0.2, -0.15) is 5.10 Å². The zero-order valence-electron chi connectivity index (χ0n) is 13.4. The van der Waals surface area contributed by atoms with Crippen molar-refractivity contribution in [1.82, 2.24) is 26.4 Å². The van der Waals surface area contributed by atoms with Crippen LogP contribution in [0.5, 0.6) is 0 Å². The third-order valence-corrected chi connectivity index (χ3v) is 3.45.